The summed E-state index contributed by atoms with van der Waals surface area (Å²) in [5, 5.41) is 13.9. The molecule has 0 heterocycles. The van der Waals surface area contributed by atoms with Gasteiger partial charge in [0, 0.05) is 18.0 Å². The van der Waals surface area contributed by atoms with Crippen molar-refractivity contribution in [3.8, 4) is 0 Å². The fourth-order valence-electron chi connectivity index (χ4n) is 1.50. The van der Waals surface area contributed by atoms with Crippen molar-refractivity contribution >= 4 is 11.6 Å². The average Bonchev–Trinajstić information content (AvgIpc) is 2.18. The summed E-state index contributed by atoms with van der Waals surface area (Å²) >= 11 is 5.79. The van der Waals surface area contributed by atoms with Gasteiger partial charge in [0.25, 0.3) is 0 Å². The van der Waals surface area contributed by atoms with Gasteiger partial charge in [-0.2, -0.15) is 0 Å². The molecule has 2 N–H and O–H groups in total. The Balaban J connectivity index is 2.56. The highest BCUT2D eigenvalue weighted by Crippen LogP contribution is 2.15. The van der Waals surface area contributed by atoms with Crippen molar-refractivity contribution in [2.75, 3.05) is 13.1 Å². The van der Waals surface area contributed by atoms with Crippen LogP contribution in [0.15, 0.2) is 24.3 Å². The molecular weight excluding hydrogens is 210 g/mol. The van der Waals surface area contributed by atoms with E-state index in [-0.39, 0.29) is 0 Å². The Labute approximate surface area is 96.3 Å². The van der Waals surface area contributed by atoms with Gasteiger partial charge in [-0.1, -0.05) is 30.7 Å². The van der Waals surface area contributed by atoms with E-state index in [9.17, 15) is 5.11 Å². The Kier molecular flexibility index (Phi) is 4.58. The number of rotatable bonds is 5. The van der Waals surface area contributed by atoms with E-state index in [4.69, 9.17) is 11.6 Å². The second-order valence-electron chi connectivity index (χ2n) is 4.08. The van der Waals surface area contributed by atoms with Gasteiger partial charge in [0.2, 0.25) is 0 Å². The molecule has 1 aromatic carbocycles. The fourth-order valence-corrected chi connectivity index (χ4v) is 1.62. The van der Waals surface area contributed by atoms with Crippen molar-refractivity contribution in [2.24, 2.45) is 0 Å². The Morgan fingerprint density at radius 3 is 2.47 bits per heavy atom. The zero-order chi connectivity index (χ0) is 11.3. The topological polar surface area (TPSA) is 32.3 Å². The SMILES string of the molecule is CCNCC(C)(O)Cc1ccc(Cl)cc1. The van der Waals surface area contributed by atoms with Crippen molar-refractivity contribution in [1.29, 1.82) is 0 Å². The third-order valence-corrected chi connectivity index (χ3v) is 2.51. The van der Waals surface area contributed by atoms with Gasteiger partial charge in [0.05, 0.1) is 5.60 Å². The van der Waals surface area contributed by atoms with Crippen molar-refractivity contribution < 1.29 is 5.11 Å². The molecule has 0 aliphatic carbocycles. The number of nitrogens with one attached hydrogen (secondary N) is 1. The molecule has 84 valence electrons. The smallest absolute Gasteiger partial charge is 0.0783 e. The van der Waals surface area contributed by atoms with Crippen molar-refractivity contribution in [2.45, 2.75) is 25.9 Å². The van der Waals surface area contributed by atoms with Crippen LogP contribution in [0.2, 0.25) is 5.02 Å². The molecule has 0 radical (unpaired) electrons. The molecule has 0 aromatic heterocycles. The normalized spacial score (nSPS) is 14.9. The minimum absolute atomic E-state index is 0.603. The first kappa shape index (κ1) is 12.5. The predicted octanol–water partition coefficient (Wildman–Crippen LogP) is 2.24. The largest absolute Gasteiger partial charge is 0.389 e. The highest BCUT2D eigenvalue weighted by Gasteiger charge is 2.19. The third kappa shape index (κ3) is 4.65. The zero-order valence-electron chi connectivity index (χ0n) is 9.26. The van der Waals surface area contributed by atoms with Gasteiger partial charge < -0.3 is 10.4 Å². The molecule has 1 aromatic rings. The van der Waals surface area contributed by atoms with Crippen LogP contribution in [0.4, 0.5) is 0 Å². The van der Waals surface area contributed by atoms with Crippen LogP contribution in [0, 0.1) is 0 Å². The second kappa shape index (κ2) is 5.50. The van der Waals surface area contributed by atoms with Gasteiger partial charge in [-0.25, -0.2) is 0 Å². The van der Waals surface area contributed by atoms with Gasteiger partial charge in [-0.15, -0.1) is 0 Å². The van der Waals surface area contributed by atoms with Gasteiger partial charge in [0.1, 0.15) is 0 Å². The van der Waals surface area contributed by atoms with Crippen LogP contribution in [0.1, 0.15) is 19.4 Å². The maximum atomic E-state index is 10.1. The molecule has 0 fully saturated rings. The molecule has 0 saturated carbocycles. The highest BCUT2D eigenvalue weighted by atomic mass is 35.5. The number of hydrogen-bond acceptors (Lipinski definition) is 2. The predicted molar refractivity (Wildman–Crippen MR) is 64.3 cm³/mol. The summed E-state index contributed by atoms with van der Waals surface area (Å²) in [5.41, 5.74) is 0.395. The van der Waals surface area contributed by atoms with Gasteiger partial charge >= 0.3 is 0 Å². The number of aliphatic hydroxyl groups is 1. The van der Waals surface area contributed by atoms with E-state index in [0.717, 1.165) is 17.1 Å². The Bertz CT molecular complexity index is 295. The van der Waals surface area contributed by atoms with Gasteiger partial charge in [0.15, 0.2) is 0 Å². The summed E-state index contributed by atoms with van der Waals surface area (Å²) in [5.74, 6) is 0. The van der Waals surface area contributed by atoms with Crippen LogP contribution in [0.3, 0.4) is 0 Å². The monoisotopic (exact) mass is 227 g/mol. The standard InChI is InChI=1S/C12H18ClNO/c1-3-14-9-12(2,15)8-10-4-6-11(13)7-5-10/h4-7,14-15H,3,8-9H2,1-2H3. The van der Waals surface area contributed by atoms with Crippen LogP contribution in [-0.2, 0) is 6.42 Å². The first-order chi connectivity index (χ1) is 7.03. The van der Waals surface area contributed by atoms with Crippen molar-refractivity contribution in [1.82, 2.24) is 5.32 Å². The lowest BCUT2D eigenvalue weighted by Gasteiger charge is -2.23. The zero-order valence-corrected chi connectivity index (χ0v) is 10.0. The molecule has 0 aliphatic rings. The third-order valence-electron chi connectivity index (χ3n) is 2.25. The van der Waals surface area contributed by atoms with E-state index >= 15 is 0 Å². The van der Waals surface area contributed by atoms with E-state index < -0.39 is 5.60 Å². The summed E-state index contributed by atoms with van der Waals surface area (Å²) in [6, 6.07) is 7.59. The molecule has 0 spiro atoms. The average molecular weight is 228 g/mol. The van der Waals surface area contributed by atoms with Crippen LogP contribution < -0.4 is 5.32 Å². The summed E-state index contributed by atoms with van der Waals surface area (Å²) < 4.78 is 0. The molecule has 15 heavy (non-hydrogen) atoms. The first-order valence-electron chi connectivity index (χ1n) is 5.21. The van der Waals surface area contributed by atoms with E-state index in [1.54, 1.807) is 0 Å². The number of likely N-dealkylation sites (N-methyl/N-ethyl adjacent to an activating group) is 1. The molecule has 0 amide bonds. The van der Waals surface area contributed by atoms with Crippen molar-refractivity contribution in [3.05, 3.63) is 34.9 Å². The van der Waals surface area contributed by atoms with Crippen LogP contribution >= 0.6 is 11.6 Å². The summed E-state index contributed by atoms with van der Waals surface area (Å²) in [7, 11) is 0. The van der Waals surface area contributed by atoms with E-state index in [0.29, 0.717) is 13.0 Å². The fraction of sp³-hybridized carbons (Fsp3) is 0.500. The van der Waals surface area contributed by atoms with E-state index in [1.807, 2.05) is 38.1 Å². The lowest BCUT2D eigenvalue weighted by atomic mass is 9.96. The van der Waals surface area contributed by atoms with Gasteiger partial charge in [-0.3, -0.25) is 0 Å². The Hall–Kier alpha value is -0.570. The second-order valence-corrected chi connectivity index (χ2v) is 4.52. The highest BCUT2D eigenvalue weighted by molar-refractivity contribution is 6.30. The lowest BCUT2D eigenvalue weighted by Crippen LogP contribution is -2.39. The maximum absolute atomic E-state index is 10.1. The molecule has 2 nitrogen and oxygen atoms in total. The molecule has 1 rings (SSSR count). The maximum Gasteiger partial charge on any atom is 0.0783 e. The van der Waals surface area contributed by atoms with Crippen LogP contribution in [0.25, 0.3) is 0 Å². The molecule has 3 heteroatoms. The molecule has 0 bridgehead atoms. The molecule has 1 atom stereocenters. The Morgan fingerprint density at radius 1 is 1.33 bits per heavy atom. The Morgan fingerprint density at radius 2 is 1.93 bits per heavy atom. The quantitative estimate of drug-likeness (QED) is 0.809. The molecule has 0 aliphatic heterocycles. The summed E-state index contributed by atoms with van der Waals surface area (Å²) in [6.45, 7) is 5.34. The van der Waals surface area contributed by atoms with E-state index in [2.05, 4.69) is 5.32 Å². The first-order valence-corrected chi connectivity index (χ1v) is 5.59. The molecule has 1 unspecified atom stereocenters. The molecule has 0 saturated heterocycles. The van der Waals surface area contributed by atoms with Crippen LogP contribution in [-0.4, -0.2) is 23.8 Å². The number of halogens is 1. The number of benzene rings is 1. The summed E-state index contributed by atoms with van der Waals surface area (Å²) in [6.07, 6.45) is 0.636. The van der Waals surface area contributed by atoms with Crippen molar-refractivity contribution in [3.63, 3.8) is 0 Å². The molecular formula is C12H18ClNO. The minimum Gasteiger partial charge on any atom is -0.389 e. The van der Waals surface area contributed by atoms with Gasteiger partial charge in [-0.05, 0) is 31.2 Å². The summed E-state index contributed by atoms with van der Waals surface area (Å²) in [4.78, 5) is 0. The van der Waals surface area contributed by atoms with Crippen LogP contribution in [0.5, 0.6) is 0 Å². The lowest BCUT2D eigenvalue weighted by molar-refractivity contribution is 0.0607. The number of hydrogen-bond donors (Lipinski definition) is 2. The van der Waals surface area contributed by atoms with E-state index in [1.165, 1.54) is 0 Å². The minimum atomic E-state index is -0.705.